The minimum Gasteiger partial charge on any atom is -0.461 e. The first-order chi connectivity index (χ1) is 13.0. The van der Waals surface area contributed by atoms with Crippen LogP contribution in [-0.4, -0.2) is 33.4 Å². The Kier molecular flexibility index (Phi) is 5.81. The van der Waals surface area contributed by atoms with E-state index < -0.39 is 5.97 Å². The molecule has 0 spiro atoms. The van der Waals surface area contributed by atoms with Crippen molar-refractivity contribution in [2.24, 2.45) is 0 Å². The molecule has 0 saturated carbocycles. The molecule has 2 aromatic heterocycles. The van der Waals surface area contributed by atoms with Crippen molar-refractivity contribution in [2.45, 2.75) is 33.4 Å². The number of hydrogen-bond acceptors (Lipinski definition) is 6. The van der Waals surface area contributed by atoms with Crippen LogP contribution in [0.15, 0.2) is 40.9 Å². The zero-order chi connectivity index (χ0) is 19.4. The molecule has 0 bridgehead atoms. The first-order valence-corrected chi connectivity index (χ1v) is 8.97. The van der Waals surface area contributed by atoms with Crippen molar-refractivity contribution in [3.63, 3.8) is 0 Å². The fourth-order valence-corrected chi connectivity index (χ4v) is 2.66. The number of aromatic nitrogens is 3. The highest BCUT2D eigenvalue weighted by atomic mass is 35.5. The van der Waals surface area contributed by atoms with Gasteiger partial charge in [0.25, 0.3) is 0 Å². The zero-order valence-corrected chi connectivity index (χ0v) is 16.1. The van der Waals surface area contributed by atoms with E-state index in [2.05, 4.69) is 10.1 Å². The maximum absolute atomic E-state index is 12.1. The molecule has 0 radical (unpaired) electrons. The molecule has 3 rings (SSSR count). The summed E-state index contributed by atoms with van der Waals surface area (Å²) in [5, 5.41) is 4.98. The van der Waals surface area contributed by atoms with Crippen molar-refractivity contribution in [2.75, 3.05) is 6.61 Å². The van der Waals surface area contributed by atoms with Gasteiger partial charge >= 0.3 is 12.0 Å². The number of nitrogens with zero attached hydrogens (tertiary/aromatic N) is 3. The van der Waals surface area contributed by atoms with Gasteiger partial charge in [0.05, 0.1) is 25.5 Å². The molecule has 0 aliphatic carbocycles. The van der Waals surface area contributed by atoms with Gasteiger partial charge in [0, 0.05) is 11.1 Å². The van der Waals surface area contributed by atoms with Crippen LogP contribution in [0.4, 0.5) is 0 Å². The van der Waals surface area contributed by atoms with E-state index in [-0.39, 0.29) is 24.5 Å². The molecule has 0 N–H and O–H groups in total. The van der Waals surface area contributed by atoms with Gasteiger partial charge in [-0.05, 0) is 32.4 Å². The fourth-order valence-electron chi connectivity index (χ4n) is 2.46. The normalized spacial score (nSPS) is 11.0. The van der Waals surface area contributed by atoms with Gasteiger partial charge in [-0.25, -0.2) is 4.79 Å². The molecule has 0 unspecified atom stereocenters. The largest absolute Gasteiger partial charge is 0.461 e. The van der Waals surface area contributed by atoms with Gasteiger partial charge in [-0.3, -0.25) is 4.68 Å². The predicted molar refractivity (Wildman–Crippen MR) is 100.0 cm³/mol. The third-order valence-electron chi connectivity index (χ3n) is 3.62. The van der Waals surface area contributed by atoms with E-state index in [0.717, 1.165) is 5.56 Å². The monoisotopic (exact) mass is 389 g/mol. The Morgan fingerprint density at radius 2 is 2.11 bits per heavy atom. The molecule has 2 heterocycles. The summed E-state index contributed by atoms with van der Waals surface area (Å²) in [4.78, 5) is 16.2. The second kappa shape index (κ2) is 8.26. The van der Waals surface area contributed by atoms with Gasteiger partial charge in [-0.2, -0.15) is 10.1 Å². The Bertz CT molecular complexity index is 933. The van der Waals surface area contributed by atoms with Crippen molar-refractivity contribution in [3.8, 4) is 17.5 Å². The van der Waals surface area contributed by atoms with Crippen LogP contribution in [-0.2, 0) is 11.3 Å². The zero-order valence-electron chi connectivity index (χ0n) is 15.3. The standard InChI is InChI=1S/C19H20ClN3O4/c1-4-25-18(24)15-9-16(17-10-21-19(27-17)26-12(2)3)23(22-15)11-13-7-5-6-8-14(13)20/h5-10,12H,4,11H2,1-3H3. The second-order valence-corrected chi connectivity index (χ2v) is 6.45. The Balaban J connectivity index is 1.98. The van der Waals surface area contributed by atoms with Crippen molar-refractivity contribution in [1.29, 1.82) is 0 Å². The molecule has 0 fully saturated rings. The molecule has 3 aromatic rings. The van der Waals surface area contributed by atoms with Gasteiger partial charge in [0.2, 0.25) is 0 Å². The van der Waals surface area contributed by atoms with E-state index in [9.17, 15) is 4.79 Å². The molecule has 0 aliphatic heterocycles. The van der Waals surface area contributed by atoms with Crippen LogP contribution in [0.2, 0.25) is 5.02 Å². The highest BCUT2D eigenvalue weighted by molar-refractivity contribution is 6.31. The summed E-state index contributed by atoms with van der Waals surface area (Å²) in [6.07, 6.45) is 1.62. The number of oxazole rings is 1. The van der Waals surface area contributed by atoms with Crippen LogP contribution in [0.5, 0.6) is 6.08 Å². The van der Waals surface area contributed by atoms with Crippen LogP contribution in [0.3, 0.4) is 0 Å². The minimum atomic E-state index is -0.505. The Morgan fingerprint density at radius 3 is 2.81 bits per heavy atom. The molecular weight excluding hydrogens is 370 g/mol. The highest BCUT2D eigenvalue weighted by Gasteiger charge is 2.20. The molecule has 0 aliphatic rings. The lowest BCUT2D eigenvalue weighted by atomic mass is 10.2. The van der Waals surface area contributed by atoms with Crippen LogP contribution in [0, 0.1) is 0 Å². The van der Waals surface area contributed by atoms with E-state index in [1.165, 1.54) is 6.20 Å². The van der Waals surface area contributed by atoms with Crippen LogP contribution in [0.25, 0.3) is 11.5 Å². The first-order valence-electron chi connectivity index (χ1n) is 8.59. The summed E-state index contributed by atoms with van der Waals surface area (Å²) in [6.45, 7) is 6.12. The Hall–Kier alpha value is -2.80. The number of carbonyl (C=O) groups excluding carboxylic acids is 1. The summed E-state index contributed by atoms with van der Waals surface area (Å²) in [7, 11) is 0. The molecule has 142 valence electrons. The summed E-state index contributed by atoms with van der Waals surface area (Å²) in [5.41, 5.74) is 1.61. The lowest BCUT2D eigenvalue weighted by molar-refractivity contribution is 0.0518. The van der Waals surface area contributed by atoms with E-state index in [0.29, 0.717) is 23.0 Å². The van der Waals surface area contributed by atoms with Crippen molar-refractivity contribution < 1.29 is 18.7 Å². The first kappa shape index (κ1) is 19.0. The molecule has 7 nitrogen and oxygen atoms in total. The van der Waals surface area contributed by atoms with E-state index in [1.54, 1.807) is 23.7 Å². The van der Waals surface area contributed by atoms with E-state index in [4.69, 9.17) is 25.5 Å². The predicted octanol–water partition coefficient (Wildman–Crippen LogP) is 4.20. The fraction of sp³-hybridized carbons (Fsp3) is 0.316. The Morgan fingerprint density at radius 1 is 1.33 bits per heavy atom. The van der Waals surface area contributed by atoms with Crippen LogP contribution in [0.1, 0.15) is 36.8 Å². The summed E-state index contributed by atoms with van der Waals surface area (Å²) >= 11 is 6.26. The van der Waals surface area contributed by atoms with Gasteiger partial charge < -0.3 is 13.9 Å². The quantitative estimate of drug-likeness (QED) is 0.563. The minimum absolute atomic E-state index is 0.0698. The maximum atomic E-state index is 12.1. The van der Waals surface area contributed by atoms with Crippen molar-refractivity contribution in [3.05, 3.63) is 52.8 Å². The number of esters is 1. The van der Waals surface area contributed by atoms with E-state index >= 15 is 0 Å². The second-order valence-electron chi connectivity index (χ2n) is 6.04. The molecule has 0 atom stereocenters. The van der Waals surface area contributed by atoms with Gasteiger partial charge in [0.15, 0.2) is 11.5 Å². The number of halogens is 1. The summed E-state index contributed by atoms with van der Waals surface area (Å²) < 4.78 is 17.8. The molecule has 27 heavy (non-hydrogen) atoms. The van der Waals surface area contributed by atoms with Crippen LogP contribution >= 0.6 is 11.6 Å². The average Bonchev–Trinajstić information content (AvgIpc) is 3.23. The van der Waals surface area contributed by atoms with Gasteiger partial charge in [-0.15, -0.1) is 0 Å². The molecule has 8 heteroatoms. The Labute approximate surface area is 161 Å². The molecule has 0 amide bonds. The number of hydrogen-bond donors (Lipinski definition) is 0. The highest BCUT2D eigenvalue weighted by Crippen LogP contribution is 2.27. The van der Waals surface area contributed by atoms with Crippen LogP contribution < -0.4 is 4.74 Å². The smallest absolute Gasteiger partial charge is 0.394 e. The molecular formula is C19H20ClN3O4. The van der Waals surface area contributed by atoms with E-state index in [1.807, 2.05) is 32.0 Å². The summed E-state index contributed by atoms with van der Waals surface area (Å²) in [6, 6.07) is 9.04. The third-order valence-corrected chi connectivity index (χ3v) is 3.98. The average molecular weight is 390 g/mol. The number of rotatable bonds is 7. The molecule has 0 saturated heterocycles. The van der Waals surface area contributed by atoms with Gasteiger partial charge in [-0.1, -0.05) is 29.8 Å². The topological polar surface area (TPSA) is 79.4 Å². The lowest BCUT2D eigenvalue weighted by Gasteiger charge is -2.07. The third kappa shape index (κ3) is 4.49. The van der Waals surface area contributed by atoms with Crippen molar-refractivity contribution >= 4 is 17.6 Å². The number of benzene rings is 1. The molecule has 1 aromatic carbocycles. The van der Waals surface area contributed by atoms with Gasteiger partial charge in [0.1, 0.15) is 5.69 Å². The SMILES string of the molecule is CCOC(=O)c1cc(-c2cnc(OC(C)C)o2)n(Cc2ccccc2Cl)n1. The summed E-state index contributed by atoms with van der Waals surface area (Å²) in [5.74, 6) is -0.0735. The lowest BCUT2D eigenvalue weighted by Crippen LogP contribution is -2.08. The maximum Gasteiger partial charge on any atom is 0.394 e. The number of carbonyl (C=O) groups is 1. The number of ether oxygens (including phenoxy) is 2. The van der Waals surface area contributed by atoms with Crippen molar-refractivity contribution in [1.82, 2.24) is 14.8 Å².